The van der Waals surface area contributed by atoms with Gasteiger partial charge < -0.3 is 25.8 Å². The third-order valence-corrected chi connectivity index (χ3v) is 6.02. The molecule has 0 aliphatic heterocycles. The molecule has 0 spiro atoms. The number of ether oxygens (including phenoxy) is 1. The van der Waals surface area contributed by atoms with Gasteiger partial charge in [-0.15, -0.1) is 0 Å². The van der Waals surface area contributed by atoms with Crippen molar-refractivity contribution in [2.75, 3.05) is 22.6 Å². The van der Waals surface area contributed by atoms with Crippen molar-refractivity contribution < 1.29 is 24.2 Å². The fourth-order valence-electron chi connectivity index (χ4n) is 3.80. The second kappa shape index (κ2) is 12.8. The van der Waals surface area contributed by atoms with Crippen LogP contribution in [0.1, 0.15) is 38.3 Å². The van der Waals surface area contributed by atoms with E-state index >= 15 is 0 Å². The third kappa shape index (κ3) is 8.65. The lowest BCUT2D eigenvalue weighted by Crippen LogP contribution is -2.41. The highest BCUT2D eigenvalue weighted by molar-refractivity contribution is 6.00. The topological polar surface area (TPSA) is 117 Å². The zero-order valence-corrected chi connectivity index (χ0v) is 22.2. The number of hydrogen-bond acceptors (Lipinski definition) is 5. The van der Waals surface area contributed by atoms with Crippen molar-refractivity contribution >= 4 is 34.8 Å². The summed E-state index contributed by atoms with van der Waals surface area (Å²) in [7, 11) is 0. The van der Waals surface area contributed by atoms with E-state index < -0.39 is 11.5 Å². The molecule has 0 heterocycles. The average Bonchev–Trinajstić information content (AvgIpc) is 2.85. The van der Waals surface area contributed by atoms with Crippen LogP contribution in [0.3, 0.4) is 0 Å². The largest absolute Gasteiger partial charge is 0.493 e. The summed E-state index contributed by atoms with van der Waals surface area (Å²) in [5.41, 5.74) is 3.05. The second-order valence-electron chi connectivity index (χ2n) is 9.98. The van der Waals surface area contributed by atoms with Crippen LogP contribution in [-0.2, 0) is 16.0 Å². The zero-order chi connectivity index (χ0) is 27.7. The summed E-state index contributed by atoms with van der Waals surface area (Å²) in [6.07, 6.45) is 0.260. The Balaban J connectivity index is 1.53. The molecule has 8 heteroatoms. The highest BCUT2D eigenvalue weighted by Crippen LogP contribution is 2.23. The number of carboxylic acids is 1. The number of aryl methyl sites for hydroxylation is 1. The third-order valence-electron chi connectivity index (χ3n) is 6.02. The minimum atomic E-state index is -0.855. The summed E-state index contributed by atoms with van der Waals surface area (Å²) in [6.45, 7) is 7.68. The summed E-state index contributed by atoms with van der Waals surface area (Å²) in [4.78, 5) is 36.3. The maximum Gasteiger partial charge on any atom is 0.323 e. The molecule has 3 aromatic carbocycles. The van der Waals surface area contributed by atoms with E-state index in [1.165, 1.54) is 0 Å². The molecular formula is C30H35N3O5. The summed E-state index contributed by atoms with van der Waals surface area (Å²) in [5.74, 6) is -0.376. The first kappa shape index (κ1) is 28.2. The smallest absolute Gasteiger partial charge is 0.323 e. The van der Waals surface area contributed by atoms with Crippen LogP contribution < -0.4 is 20.7 Å². The number of rotatable bonds is 12. The lowest BCUT2D eigenvalue weighted by Gasteiger charge is -2.26. The Kier molecular flexibility index (Phi) is 9.49. The number of anilines is 3. The normalized spacial score (nSPS) is 11.8. The Morgan fingerprint density at radius 2 is 1.63 bits per heavy atom. The number of amides is 2. The van der Waals surface area contributed by atoms with Crippen LogP contribution in [0.2, 0.25) is 0 Å². The van der Waals surface area contributed by atoms with Crippen LogP contribution in [0.5, 0.6) is 5.75 Å². The van der Waals surface area contributed by atoms with E-state index in [-0.39, 0.29) is 37.2 Å². The van der Waals surface area contributed by atoms with Crippen LogP contribution in [-0.4, -0.2) is 35.0 Å². The van der Waals surface area contributed by atoms with Gasteiger partial charge in [-0.1, -0.05) is 43.3 Å². The summed E-state index contributed by atoms with van der Waals surface area (Å²) < 4.78 is 5.73. The minimum absolute atomic E-state index is 0.00286. The van der Waals surface area contributed by atoms with Gasteiger partial charge in [0, 0.05) is 35.5 Å². The Hall–Kier alpha value is -4.33. The fraction of sp³-hybridized carbons (Fsp3) is 0.300. The van der Waals surface area contributed by atoms with E-state index in [0.717, 1.165) is 22.5 Å². The van der Waals surface area contributed by atoms with E-state index in [4.69, 9.17) is 9.84 Å². The number of hydrogen-bond donors (Lipinski definition) is 4. The standard InChI is InChI=1S/C30H35N3O5/c1-20(16-28(35)36)19-38-25-10-7-9-24(18-25)33-30(3,4)27(34)17-22-12-14-23(15-13-22)31-29(37)32-26-11-6-5-8-21(26)2/h5-15,18,20,33H,16-17,19H2,1-4H3,(H,35,36)(H2,31,32,37)/t20-/m0/s1. The Labute approximate surface area is 223 Å². The van der Waals surface area contributed by atoms with Crippen molar-refractivity contribution in [1.82, 2.24) is 0 Å². The van der Waals surface area contributed by atoms with Gasteiger partial charge in [0.05, 0.1) is 18.6 Å². The summed E-state index contributed by atoms with van der Waals surface area (Å²) in [6, 6.07) is 21.7. The van der Waals surface area contributed by atoms with Gasteiger partial charge in [-0.2, -0.15) is 0 Å². The van der Waals surface area contributed by atoms with Crippen molar-refractivity contribution in [1.29, 1.82) is 0 Å². The van der Waals surface area contributed by atoms with E-state index in [1.54, 1.807) is 24.3 Å². The maximum atomic E-state index is 13.1. The van der Waals surface area contributed by atoms with Gasteiger partial charge in [-0.25, -0.2) is 4.79 Å². The lowest BCUT2D eigenvalue weighted by molar-refractivity contribution is -0.138. The highest BCUT2D eigenvalue weighted by atomic mass is 16.5. The monoisotopic (exact) mass is 517 g/mol. The predicted octanol–water partition coefficient (Wildman–Crippen LogP) is 6.13. The molecule has 0 aliphatic carbocycles. The number of aliphatic carboxylic acids is 1. The molecule has 0 bridgehead atoms. The minimum Gasteiger partial charge on any atom is -0.493 e. The first-order valence-corrected chi connectivity index (χ1v) is 12.5. The molecule has 0 unspecified atom stereocenters. The van der Waals surface area contributed by atoms with Gasteiger partial charge in [0.15, 0.2) is 5.78 Å². The quantitative estimate of drug-likeness (QED) is 0.230. The molecule has 8 nitrogen and oxygen atoms in total. The molecule has 200 valence electrons. The molecule has 2 amide bonds. The van der Waals surface area contributed by atoms with E-state index in [0.29, 0.717) is 11.4 Å². The highest BCUT2D eigenvalue weighted by Gasteiger charge is 2.27. The van der Waals surface area contributed by atoms with Gasteiger partial charge in [-0.05, 0) is 62.2 Å². The first-order chi connectivity index (χ1) is 18.0. The number of carboxylic acid groups (broad SMARTS) is 1. The molecule has 4 N–H and O–H groups in total. The number of carbonyl (C=O) groups is 3. The van der Waals surface area contributed by atoms with Gasteiger partial charge in [0.2, 0.25) is 0 Å². The Morgan fingerprint density at radius 3 is 2.32 bits per heavy atom. The van der Waals surface area contributed by atoms with Crippen LogP contribution in [0.25, 0.3) is 0 Å². The molecule has 0 fully saturated rings. The maximum absolute atomic E-state index is 13.1. The molecule has 38 heavy (non-hydrogen) atoms. The van der Waals surface area contributed by atoms with Crippen molar-refractivity contribution in [2.24, 2.45) is 5.92 Å². The van der Waals surface area contributed by atoms with E-state index in [2.05, 4.69) is 16.0 Å². The van der Waals surface area contributed by atoms with Crippen molar-refractivity contribution in [2.45, 2.75) is 46.1 Å². The van der Waals surface area contributed by atoms with Crippen molar-refractivity contribution in [3.8, 4) is 5.75 Å². The Morgan fingerprint density at radius 1 is 0.921 bits per heavy atom. The number of carbonyl (C=O) groups excluding carboxylic acids is 2. The summed E-state index contributed by atoms with van der Waals surface area (Å²) in [5, 5.41) is 17.8. The zero-order valence-electron chi connectivity index (χ0n) is 22.2. The van der Waals surface area contributed by atoms with Crippen LogP contribution >= 0.6 is 0 Å². The van der Waals surface area contributed by atoms with Crippen LogP contribution in [0, 0.1) is 12.8 Å². The average molecular weight is 518 g/mol. The van der Waals surface area contributed by atoms with E-state index in [9.17, 15) is 14.4 Å². The number of ketones is 1. The molecule has 0 aliphatic rings. The second-order valence-corrected chi connectivity index (χ2v) is 9.98. The molecule has 3 rings (SSSR count). The molecule has 3 aromatic rings. The van der Waals surface area contributed by atoms with E-state index in [1.807, 2.05) is 76.2 Å². The first-order valence-electron chi connectivity index (χ1n) is 12.5. The van der Waals surface area contributed by atoms with Gasteiger partial charge in [0.1, 0.15) is 5.75 Å². The number of nitrogens with one attached hydrogen (secondary N) is 3. The van der Waals surface area contributed by atoms with Crippen LogP contribution in [0.4, 0.5) is 21.9 Å². The van der Waals surface area contributed by atoms with Crippen molar-refractivity contribution in [3.63, 3.8) is 0 Å². The number of urea groups is 1. The van der Waals surface area contributed by atoms with Gasteiger partial charge in [-0.3, -0.25) is 9.59 Å². The molecule has 0 aromatic heterocycles. The summed E-state index contributed by atoms with van der Waals surface area (Å²) >= 11 is 0. The predicted molar refractivity (Wildman–Crippen MR) is 150 cm³/mol. The van der Waals surface area contributed by atoms with Crippen molar-refractivity contribution in [3.05, 3.63) is 83.9 Å². The molecule has 0 saturated heterocycles. The number of benzene rings is 3. The number of para-hydroxylation sites is 1. The van der Waals surface area contributed by atoms with Gasteiger partial charge >= 0.3 is 12.0 Å². The molecule has 1 atom stereocenters. The lowest BCUT2D eigenvalue weighted by atomic mass is 9.93. The molecule has 0 radical (unpaired) electrons. The molecule has 0 saturated carbocycles. The number of Topliss-reactive ketones (excluding diaryl/α,β-unsaturated/α-hetero) is 1. The molecular weight excluding hydrogens is 482 g/mol. The van der Waals surface area contributed by atoms with Gasteiger partial charge in [0.25, 0.3) is 0 Å². The van der Waals surface area contributed by atoms with Crippen LogP contribution in [0.15, 0.2) is 72.8 Å². The Bertz CT molecular complexity index is 1270. The fourth-order valence-corrected chi connectivity index (χ4v) is 3.80. The SMILES string of the molecule is Cc1ccccc1NC(=O)Nc1ccc(CC(=O)C(C)(C)Nc2cccc(OC[C@@H](C)CC(=O)O)c2)cc1.